The van der Waals surface area contributed by atoms with Crippen LogP contribution in [0.1, 0.15) is 31.9 Å². The van der Waals surface area contributed by atoms with E-state index in [1.165, 1.54) is 26.0 Å². The molecule has 0 fully saturated rings. The Hall–Kier alpha value is -2.31. The van der Waals surface area contributed by atoms with E-state index >= 15 is 0 Å². The number of carbonyl (C=O) groups excluding carboxylic acids is 1. The zero-order chi connectivity index (χ0) is 16.4. The Kier molecular flexibility index (Phi) is 4.77. The maximum Gasteiger partial charge on any atom is 0.434 e. The molecular weight excluding hydrogens is 279 g/mol. The standard InChI is InChI=1S/C14H19FN2O4/c1-8-6-10(7-9(2)11(8)15)17(16-12(18)19)13(20)21-14(3,4)5/h6-7,16H,1-5H3,(H,18,19). The Labute approximate surface area is 122 Å². The molecule has 0 atom stereocenters. The fourth-order valence-electron chi connectivity index (χ4n) is 1.67. The summed E-state index contributed by atoms with van der Waals surface area (Å²) in [5.74, 6) is -0.404. The van der Waals surface area contributed by atoms with Gasteiger partial charge in [0.15, 0.2) is 0 Å². The van der Waals surface area contributed by atoms with Crippen molar-refractivity contribution in [2.45, 2.75) is 40.2 Å². The molecule has 2 amide bonds. The molecule has 1 rings (SSSR count). The summed E-state index contributed by atoms with van der Waals surface area (Å²) in [6, 6.07) is 2.73. The number of halogens is 1. The van der Waals surface area contributed by atoms with Crippen LogP contribution in [0.4, 0.5) is 19.7 Å². The number of carboxylic acid groups (broad SMARTS) is 1. The van der Waals surface area contributed by atoms with Crippen molar-refractivity contribution < 1.29 is 23.8 Å². The van der Waals surface area contributed by atoms with E-state index in [0.29, 0.717) is 11.1 Å². The largest absolute Gasteiger partial charge is 0.464 e. The molecule has 0 aliphatic rings. The lowest BCUT2D eigenvalue weighted by atomic mass is 10.1. The lowest BCUT2D eigenvalue weighted by Crippen LogP contribution is -2.48. The van der Waals surface area contributed by atoms with E-state index in [1.54, 1.807) is 20.8 Å². The van der Waals surface area contributed by atoms with Crippen molar-refractivity contribution >= 4 is 17.9 Å². The number of hydrazine groups is 1. The van der Waals surface area contributed by atoms with Crippen LogP contribution in [0.5, 0.6) is 0 Å². The van der Waals surface area contributed by atoms with Gasteiger partial charge in [-0.15, -0.1) is 0 Å². The molecule has 0 radical (unpaired) electrons. The summed E-state index contributed by atoms with van der Waals surface area (Å²) in [6.07, 6.45) is -2.32. The highest BCUT2D eigenvalue weighted by molar-refractivity contribution is 5.90. The molecule has 0 aromatic heterocycles. The number of hydrogen-bond acceptors (Lipinski definition) is 3. The number of ether oxygens (including phenoxy) is 1. The minimum Gasteiger partial charge on any atom is -0.464 e. The lowest BCUT2D eigenvalue weighted by Gasteiger charge is -2.27. The molecule has 0 unspecified atom stereocenters. The minimum atomic E-state index is -1.43. The summed E-state index contributed by atoms with van der Waals surface area (Å²) < 4.78 is 18.8. The molecule has 116 valence electrons. The fourth-order valence-corrected chi connectivity index (χ4v) is 1.67. The summed E-state index contributed by atoms with van der Waals surface area (Å²) in [5.41, 5.74) is 1.93. The van der Waals surface area contributed by atoms with Crippen LogP contribution < -0.4 is 10.4 Å². The molecule has 1 aromatic rings. The van der Waals surface area contributed by atoms with Crippen molar-refractivity contribution in [3.05, 3.63) is 29.1 Å². The maximum absolute atomic E-state index is 13.6. The molecule has 0 saturated carbocycles. The molecule has 0 aliphatic carbocycles. The van der Waals surface area contributed by atoms with Crippen molar-refractivity contribution in [3.8, 4) is 0 Å². The van der Waals surface area contributed by atoms with Crippen molar-refractivity contribution in [2.75, 3.05) is 5.01 Å². The van der Waals surface area contributed by atoms with Crippen LogP contribution in [0.2, 0.25) is 0 Å². The number of hydrogen-bond donors (Lipinski definition) is 2. The van der Waals surface area contributed by atoms with Gasteiger partial charge >= 0.3 is 12.2 Å². The number of nitrogens with one attached hydrogen (secondary N) is 1. The number of carbonyl (C=O) groups is 2. The van der Waals surface area contributed by atoms with Crippen LogP contribution in [0, 0.1) is 19.7 Å². The van der Waals surface area contributed by atoms with E-state index in [9.17, 15) is 14.0 Å². The van der Waals surface area contributed by atoms with E-state index in [4.69, 9.17) is 9.84 Å². The highest BCUT2D eigenvalue weighted by Gasteiger charge is 2.25. The second kappa shape index (κ2) is 5.99. The second-order valence-electron chi connectivity index (χ2n) is 5.63. The third-order valence-corrected chi connectivity index (χ3v) is 2.46. The Morgan fingerprint density at radius 1 is 1.24 bits per heavy atom. The Bertz CT molecular complexity index is 544. The number of rotatable bonds is 1. The smallest absolute Gasteiger partial charge is 0.434 e. The van der Waals surface area contributed by atoms with Gasteiger partial charge in [0.2, 0.25) is 0 Å². The number of benzene rings is 1. The van der Waals surface area contributed by atoms with Gasteiger partial charge in [-0.2, -0.15) is 5.01 Å². The molecule has 21 heavy (non-hydrogen) atoms. The molecule has 0 heterocycles. The first-order chi connectivity index (χ1) is 9.51. The van der Waals surface area contributed by atoms with E-state index in [0.717, 1.165) is 5.01 Å². The van der Waals surface area contributed by atoms with Crippen molar-refractivity contribution in [3.63, 3.8) is 0 Å². The highest BCUT2D eigenvalue weighted by Crippen LogP contribution is 2.22. The van der Waals surface area contributed by atoms with Crippen LogP contribution in [-0.2, 0) is 4.74 Å². The molecule has 0 spiro atoms. The summed E-state index contributed by atoms with van der Waals surface area (Å²) in [5, 5.41) is 9.58. The van der Waals surface area contributed by atoms with Crippen molar-refractivity contribution in [1.29, 1.82) is 0 Å². The van der Waals surface area contributed by atoms with Gasteiger partial charge in [0.25, 0.3) is 0 Å². The van der Waals surface area contributed by atoms with Crippen molar-refractivity contribution in [2.24, 2.45) is 0 Å². The van der Waals surface area contributed by atoms with Gasteiger partial charge in [0.05, 0.1) is 5.69 Å². The lowest BCUT2D eigenvalue weighted by molar-refractivity contribution is 0.0559. The van der Waals surface area contributed by atoms with E-state index in [1.807, 2.05) is 5.43 Å². The van der Waals surface area contributed by atoms with Gasteiger partial charge in [0, 0.05) is 0 Å². The fraction of sp³-hybridized carbons (Fsp3) is 0.429. The van der Waals surface area contributed by atoms with Crippen molar-refractivity contribution in [1.82, 2.24) is 5.43 Å². The summed E-state index contributed by atoms with van der Waals surface area (Å²) in [4.78, 5) is 22.9. The number of aryl methyl sites for hydroxylation is 2. The Balaban J connectivity index is 3.19. The van der Waals surface area contributed by atoms with E-state index in [2.05, 4.69) is 0 Å². The first-order valence-corrected chi connectivity index (χ1v) is 6.30. The second-order valence-corrected chi connectivity index (χ2v) is 5.63. The average molecular weight is 298 g/mol. The zero-order valence-corrected chi connectivity index (χ0v) is 12.7. The topological polar surface area (TPSA) is 78.9 Å². The van der Waals surface area contributed by atoms with Crippen LogP contribution in [0.15, 0.2) is 12.1 Å². The van der Waals surface area contributed by atoms with E-state index < -0.39 is 23.6 Å². The third-order valence-electron chi connectivity index (χ3n) is 2.46. The first kappa shape index (κ1) is 16.7. The van der Waals surface area contributed by atoms with Gasteiger partial charge in [0.1, 0.15) is 11.4 Å². The number of anilines is 1. The van der Waals surface area contributed by atoms with Crippen LogP contribution in [-0.4, -0.2) is 22.9 Å². The molecular formula is C14H19FN2O4. The zero-order valence-electron chi connectivity index (χ0n) is 12.7. The van der Waals surface area contributed by atoms with Gasteiger partial charge in [-0.25, -0.2) is 19.4 Å². The summed E-state index contributed by atoms with van der Waals surface area (Å²) in [7, 11) is 0. The van der Waals surface area contributed by atoms with E-state index in [-0.39, 0.29) is 5.69 Å². The Morgan fingerprint density at radius 2 is 1.71 bits per heavy atom. The third kappa shape index (κ3) is 4.62. The number of nitrogens with zero attached hydrogens (tertiary/aromatic N) is 1. The minimum absolute atomic E-state index is 0.183. The van der Waals surface area contributed by atoms with Gasteiger partial charge in [-0.3, -0.25) is 0 Å². The van der Waals surface area contributed by atoms with Crippen LogP contribution in [0.3, 0.4) is 0 Å². The predicted molar refractivity (Wildman–Crippen MR) is 75.7 cm³/mol. The molecule has 0 aliphatic heterocycles. The van der Waals surface area contributed by atoms with Gasteiger partial charge in [-0.05, 0) is 57.9 Å². The average Bonchev–Trinajstić information content (AvgIpc) is 2.29. The van der Waals surface area contributed by atoms with Crippen LogP contribution >= 0.6 is 0 Å². The Morgan fingerprint density at radius 3 is 2.10 bits per heavy atom. The molecule has 7 heteroatoms. The molecule has 2 N–H and O–H groups in total. The number of amides is 2. The summed E-state index contributed by atoms with van der Waals surface area (Å²) >= 11 is 0. The molecule has 0 bridgehead atoms. The predicted octanol–water partition coefficient (Wildman–Crippen LogP) is 3.37. The molecule has 1 aromatic carbocycles. The van der Waals surface area contributed by atoms with Gasteiger partial charge < -0.3 is 9.84 Å². The highest BCUT2D eigenvalue weighted by atomic mass is 19.1. The molecule has 0 saturated heterocycles. The van der Waals surface area contributed by atoms with Crippen LogP contribution in [0.25, 0.3) is 0 Å². The first-order valence-electron chi connectivity index (χ1n) is 6.30. The summed E-state index contributed by atoms with van der Waals surface area (Å²) in [6.45, 7) is 8.03. The maximum atomic E-state index is 13.6. The molecule has 6 nitrogen and oxygen atoms in total. The van der Waals surface area contributed by atoms with Gasteiger partial charge in [-0.1, -0.05) is 0 Å². The SMILES string of the molecule is Cc1cc(N(NC(=O)O)C(=O)OC(C)(C)C)cc(C)c1F. The quantitative estimate of drug-likeness (QED) is 0.779. The normalized spacial score (nSPS) is 11.0. The monoisotopic (exact) mass is 298 g/mol.